The van der Waals surface area contributed by atoms with Gasteiger partial charge in [0, 0.05) is 21.2 Å². The van der Waals surface area contributed by atoms with Gasteiger partial charge < -0.3 is 4.74 Å². The fraction of sp³-hybridized carbons (Fsp3) is 0.214. The van der Waals surface area contributed by atoms with Crippen LogP contribution in [0.1, 0.15) is 17.4 Å². The number of ether oxygens (including phenoxy) is 1. The van der Waals surface area contributed by atoms with Crippen molar-refractivity contribution in [3.63, 3.8) is 0 Å². The highest BCUT2D eigenvalue weighted by Crippen LogP contribution is 2.22. The van der Waals surface area contributed by atoms with Gasteiger partial charge in [-0.25, -0.2) is 0 Å². The molecule has 0 saturated heterocycles. The molecule has 1 aromatic carbocycles. The van der Waals surface area contributed by atoms with Gasteiger partial charge in [-0.05, 0) is 46.6 Å². The number of rotatable bonds is 5. The highest BCUT2D eigenvalue weighted by atomic mass is 79.9. The van der Waals surface area contributed by atoms with Crippen LogP contribution >= 0.6 is 27.3 Å². The van der Waals surface area contributed by atoms with Gasteiger partial charge >= 0.3 is 0 Å². The molecule has 0 fully saturated rings. The number of hydrogen-bond acceptors (Lipinski definition) is 3. The minimum Gasteiger partial charge on any atom is -0.488 e. The first-order chi connectivity index (χ1) is 8.63. The van der Waals surface area contributed by atoms with Gasteiger partial charge in [-0.2, -0.15) is 0 Å². The molecule has 0 spiro atoms. The lowest BCUT2D eigenvalue weighted by atomic mass is 10.1. The second kappa shape index (κ2) is 6.16. The van der Waals surface area contributed by atoms with Crippen LogP contribution in [0.2, 0.25) is 0 Å². The summed E-state index contributed by atoms with van der Waals surface area (Å²) in [7, 11) is 0. The van der Waals surface area contributed by atoms with Gasteiger partial charge in [-0.15, -0.1) is 11.3 Å². The minimum atomic E-state index is 0.173. The maximum Gasteiger partial charge on any atom is 0.134 e. The molecule has 0 unspecified atom stereocenters. The van der Waals surface area contributed by atoms with Crippen LogP contribution in [0.4, 0.5) is 0 Å². The third kappa shape index (κ3) is 3.96. The second-order valence-corrected chi connectivity index (χ2v) is 5.95. The summed E-state index contributed by atoms with van der Waals surface area (Å²) in [6.45, 7) is 2.17. The molecule has 4 heteroatoms. The summed E-state index contributed by atoms with van der Waals surface area (Å²) < 4.78 is 6.76. The monoisotopic (exact) mass is 324 g/mol. The van der Waals surface area contributed by atoms with Gasteiger partial charge in [0.25, 0.3) is 0 Å². The lowest BCUT2D eigenvalue weighted by Gasteiger charge is -2.05. The van der Waals surface area contributed by atoms with Crippen molar-refractivity contribution in [2.24, 2.45) is 0 Å². The Balaban J connectivity index is 1.92. The SMILES string of the molecule is CC(=O)Cc1ccc(OCc2cc(Br)cs2)cc1. The summed E-state index contributed by atoms with van der Waals surface area (Å²) in [5.41, 5.74) is 1.02. The summed E-state index contributed by atoms with van der Waals surface area (Å²) in [5.74, 6) is 0.999. The van der Waals surface area contributed by atoms with Crippen molar-refractivity contribution >= 4 is 33.0 Å². The van der Waals surface area contributed by atoms with E-state index in [0.29, 0.717) is 13.0 Å². The van der Waals surface area contributed by atoms with Crippen molar-refractivity contribution in [3.8, 4) is 5.75 Å². The third-order valence-electron chi connectivity index (χ3n) is 2.38. The van der Waals surface area contributed by atoms with Crippen LogP contribution in [0.25, 0.3) is 0 Å². The van der Waals surface area contributed by atoms with Crippen LogP contribution in [0, 0.1) is 0 Å². The number of benzene rings is 1. The van der Waals surface area contributed by atoms with Crippen LogP contribution < -0.4 is 4.74 Å². The molecule has 0 bridgehead atoms. The first-order valence-corrected chi connectivity index (χ1v) is 7.25. The van der Waals surface area contributed by atoms with Crippen LogP contribution in [0.3, 0.4) is 0 Å². The molecule has 1 heterocycles. The highest BCUT2D eigenvalue weighted by Gasteiger charge is 2.01. The van der Waals surface area contributed by atoms with E-state index in [0.717, 1.165) is 15.8 Å². The molecule has 0 amide bonds. The average molecular weight is 325 g/mol. The quantitative estimate of drug-likeness (QED) is 0.823. The Morgan fingerprint density at radius 1 is 1.33 bits per heavy atom. The summed E-state index contributed by atoms with van der Waals surface area (Å²) in [6, 6.07) is 9.72. The number of thiophene rings is 1. The number of ketones is 1. The highest BCUT2D eigenvalue weighted by molar-refractivity contribution is 9.10. The van der Waals surface area contributed by atoms with Crippen molar-refractivity contribution in [2.45, 2.75) is 20.0 Å². The fourth-order valence-corrected chi connectivity index (χ4v) is 2.94. The van der Waals surface area contributed by atoms with Crippen LogP contribution in [-0.2, 0) is 17.8 Å². The Morgan fingerprint density at radius 2 is 2.06 bits per heavy atom. The van der Waals surface area contributed by atoms with E-state index in [1.807, 2.05) is 29.6 Å². The van der Waals surface area contributed by atoms with Crippen molar-refractivity contribution in [2.75, 3.05) is 0 Å². The van der Waals surface area contributed by atoms with Gasteiger partial charge in [-0.1, -0.05) is 12.1 Å². The van der Waals surface area contributed by atoms with Crippen molar-refractivity contribution in [1.29, 1.82) is 0 Å². The molecular formula is C14H13BrO2S. The van der Waals surface area contributed by atoms with Crippen LogP contribution in [0.15, 0.2) is 40.2 Å². The molecule has 0 aliphatic carbocycles. The predicted molar refractivity (Wildman–Crippen MR) is 77.2 cm³/mol. The number of carbonyl (C=O) groups is 1. The fourth-order valence-electron chi connectivity index (χ4n) is 1.57. The van der Waals surface area contributed by atoms with E-state index in [2.05, 4.69) is 22.0 Å². The average Bonchev–Trinajstić information content (AvgIpc) is 2.74. The smallest absolute Gasteiger partial charge is 0.134 e. The Bertz CT molecular complexity index is 531. The van der Waals surface area contributed by atoms with Crippen molar-refractivity contribution in [1.82, 2.24) is 0 Å². The molecular weight excluding hydrogens is 312 g/mol. The minimum absolute atomic E-state index is 0.173. The molecule has 0 radical (unpaired) electrons. The molecule has 0 aliphatic heterocycles. The van der Waals surface area contributed by atoms with E-state index in [9.17, 15) is 4.79 Å². The first kappa shape index (κ1) is 13.3. The Morgan fingerprint density at radius 3 is 2.61 bits per heavy atom. The van der Waals surface area contributed by atoms with Gasteiger partial charge in [0.1, 0.15) is 18.1 Å². The predicted octanol–water partition coefficient (Wildman–Crippen LogP) is 4.22. The molecule has 0 aliphatic rings. The summed E-state index contributed by atoms with van der Waals surface area (Å²) in [5, 5.41) is 2.04. The van der Waals surface area contributed by atoms with Gasteiger partial charge in [0.2, 0.25) is 0 Å². The van der Waals surface area contributed by atoms with Gasteiger partial charge in [0.05, 0.1) is 0 Å². The molecule has 2 rings (SSSR count). The lowest BCUT2D eigenvalue weighted by molar-refractivity contribution is -0.116. The van der Waals surface area contributed by atoms with Gasteiger partial charge in [-0.3, -0.25) is 4.79 Å². The molecule has 94 valence electrons. The van der Waals surface area contributed by atoms with Gasteiger partial charge in [0.15, 0.2) is 0 Å². The molecule has 0 saturated carbocycles. The zero-order chi connectivity index (χ0) is 13.0. The number of carbonyl (C=O) groups excluding carboxylic acids is 1. The summed E-state index contributed by atoms with van der Waals surface area (Å²) in [6.07, 6.45) is 0.484. The Kier molecular flexibility index (Phi) is 4.55. The lowest BCUT2D eigenvalue weighted by Crippen LogP contribution is -1.97. The Hall–Kier alpha value is -1.13. The van der Waals surface area contributed by atoms with E-state index in [1.54, 1.807) is 18.3 Å². The number of halogens is 1. The maximum absolute atomic E-state index is 11.0. The maximum atomic E-state index is 11.0. The van der Waals surface area contributed by atoms with Crippen LogP contribution in [-0.4, -0.2) is 5.78 Å². The molecule has 0 atom stereocenters. The first-order valence-electron chi connectivity index (χ1n) is 5.57. The molecule has 18 heavy (non-hydrogen) atoms. The molecule has 2 aromatic rings. The van der Waals surface area contributed by atoms with E-state index < -0.39 is 0 Å². The Labute approximate surface area is 119 Å². The third-order valence-corrected chi connectivity index (χ3v) is 4.05. The summed E-state index contributed by atoms with van der Waals surface area (Å²) in [4.78, 5) is 12.2. The standard InChI is InChI=1S/C14H13BrO2S/c1-10(16)6-11-2-4-13(5-3-11)17-8-14-7-12(15)9-18-14/h2-5,7,9H,6,8H2,1H3. The molecule has 2 nitrogen and oxygen atoms in total. The number of Topliss-reactive ketones (excluding diaryl/α,β-unsaturated/α-hetero) is 1. The molecule has 0 N–H and O–H groups in total. The normalized spacial score (nSPS) is 10.3. The molecule has 1 aromatic heterocycles. The van der Waals surface area contributed by atoms with Crippen molar-refractivity contribution < 1.29 is 9.53 Å². The largest absolute Gasteiger partial charge is 0.488 e. The van der Waals surface area contributed by atoms with Crippen LogP contribution in [0.5, 0.6) is 5.75 Å². The topological polar surface area (TPSA) is 26.3 Å². The van der Waals surface area contributed by atoms with E-state index in [-0.39, 0.29) is 5.78 Å². The summed E-state index contributed by atoms with van der Waals surface area (Å²) >= 11 is 5.08. The van der Waals surface area contributed by atoms with E-state index in [4.69, 9.17) is 4.74 Å². The zero-order valence-corrected chi connectivity index (χ0v) is 12.4. The van der Waals surface area contributed by atoms with E-state index in [1.165, 1.54) is 4.88 Å². The number of hydrogen-bond donors (Lipinski definition) is 0. The zero-order valence-electron chi connectivity index (χ0n) is 9.98. The van der Waals surface area contributed by atoms with Crippen molar-refractivity contribution in [3.05, 3.63) is 50.6 Å². The van der Waals surface area contributed by atoms with E-state index >= 15 is 0 Å². The second-order valence-electron chi connectivity index (χ2n) is 4.04.